The fourth-order valence-corrected chi connectivity index (χ4v) is 3.32. The first-order valence-electron chi connectivity index (χ1n) is 9.32. The summed E-state index contributed by atoms with van der Waals surface area (Å²) in [4.78, 5) is 30.9. The van der Waals surface area contributed by atoms with Crippen molar-refractivity contribution in [2.24, 2.45) is 0 Å². The molecule has 28 heavy (non-hydrogen) atoms. The SMILES string of the molecule is Cc1cc2ncc(C(=O)NCC(C)(C)NC(=O)CN3CCC[C@H]3C#N)cn2n1. The second-order valence-electron chi connectivity index (χ2n) is 7.80. The largest absolute Gasteiger partial charge is 0.350 e. The molecule has 0 aromatic carbocycles. The van der Waals surface area contributed by atoms with Crippen molar-refractivity contribution in [3.63, 3.8) is 0 Å². The number of nitrogens with one attached hydrogen (secondary N) is 2. The maximum atomic E-state index is 12.4. The van der Waals surface area contributed by atoms with Crippen molar-refractivity contribution in [1.82, 2.24) is 30.1 Å². The highest BCUT2D eigenvalue weighted by Crippen LogP contribution is 2.15. The van der Waals surface area contributed by atoms with Gasteiger partial charge in [0.2, 0.25) is 5.91 Å². The second kappa shape index (κ2) is 7.94. The summed E-state index contributed by atoms with van der Waals surface area (Å²) in [6.45, 7) is 6.75. The van der Waals surface area contributed by atoms with Crippen molar-refractivity contribution in [2.75, 3.05) is 19.6 Å². The van der Waals surface area contributed by atoms with E-state index in [2.05, 4.69) is 26.8 Å². The first-order chi connectivity index (χ1) is 13.3. The summed E-state index contributed by atoms with van der Waals surface area (Å²) >= 11 is 0. The maximum Gasteiger partial charge on any atom is 0.254 e. The van der Waals surface area contributed by atoms with Gasteiger partial charge < -0.3 is 10.6 Å². The third-order valence-electron chi connectivity index (χ3n) is 4.73. The number of rotatable bonds is 6. The molecule has 0 spiro atoms. The molecule has 3 rings (SSSR count). The van der Waals surface area contributed by atoms with E-state index in [1.165, 1.54) is 6.20 Å². The molecular formula is C19H25N7O2. The van der Waals surface area contributed by atoms with E-state index < -0.39 is 5.54 Å². The number of aromatic nitrogens is 3. The van der Waals surface area contributed by atoms with Gasteiger partial charge in [-0.05, 0) is 33.6 Å². The number of nitrogens with zero attached hydrogens (tertiary/aromatic N) is 5. The van der Waals surface area contributed by atoms with Gasteiger partial charge in [-0.2, -0.15) is 10.4 Å². The Bertz CT molecular complexity index is 928. The summed E-state index contributed by atoms with van der Waals surface area (Å²) in [5.41, 5.74) is 1.27. The average molecular weight is 383 g/mol. The Kier molecular flexibility index (Phi) is 5.61. The molecule has 1 aliphatic heterocycles. The van der Waals surface area contributed by atoms with E-state index in [1.54, 1.807) is 10.7 Å². The highest BCUT2D eigenvalue weighted by Gasteiger charge is 2.28. The van der Waals surface area contributed by atoms with Crippen molar-refractivity contribution in [2.45, 2.75) is 45.2 Å². The molecule has 0 bridgehead atoms. The Morgan fingerprint density at radius 1 is 1.43 bits per heavy atom. The predicted molar refractivity (Wildman–Crippen MR) is 102 cm³/mol. The average Bonchev–Trinajstić information content (AvgIpc) is 3.23. The molecule has 0 aliphatic carbocycles. The number of nitriles is 1. The third kappa shape index (κ3) is 4.64. The fourth-order valence-electron chi connectivity index (χ4n) is 3.32. The van der Waals surface area contributed by atoms with E-state index in [4.69, 9.17) is 5.26 Å². The smallest absolute Gasteiger partial charge is 0.254 e. The van der Waals surface area contributed by atoms with Gasteiger partial charge in [-0.1, -0.05) is 0 Å². The summed E-state index contributed by atoms with van der Waals surface area (Å²) < 4.78 is 1.57. The molecule has 9 nitrogen and oxygen atoms in total. The first-order valence-corrected chi connectivity index (χ1v) is 9.32. The quantitative estimate of drug-likeness (QED) is 0.757. The minimum Gasteiger partial charge on any atom is -0.350 e. The minimum atomic E-state index is -0.631. The Labute approximate surface area is 163 Å². The van der Waals surface area contributed by atoms with Crippen LogP contribution in [0.3, 0.4) is 0 Å². The van der Waals surface area contributed by atoms with Crippen LogP contribution in [0.2, 0.25) is 0 Å². The molecule has 2 aromatic rings. The molecule has 148 valence electrons. The normalized spacial score (nSPS) is 17.4. The number of fused-ring (bicyclic) bond motifs is 1. The van der Waals surface area contributed by atoms with Gasteiger partial charge in [-0.3, -0.25) is 14.5 Å². The molecule has 1 atom stereocenters. The topological polar surface area (TPSA) is 115 Å². The lowest BCUT2D eigenvalue weighted by molar-refractivity contribution is -0.123. The third-order valence-corrected chi connectivity index (χ3v) is 4.73. The Morgan fingerprint density at radius 2 is 2.21 bits per heavy atom. The summed E-state index contributed by atoms with van der Waals surface area (Å²) in [5, 5.41) is 19.1. The van der Waals surface area contributed by atoms with Crippen LogP contribution in [-0.4, -0.2) is 62.5 Å². The van der Waals surface area contributed by atoms with Crippen LogP contribution >= 0.6 is 0 Å². The van der Waals surface area contributed by atoms with E-state index in [9.17, 15) is 9.59 Å². The molecule has 1 aliphatic rings. The van der Waals surface area contributed by atoms with Crippen molar-refractivity contribution < 1.29 is 9.59 Å². The van der Waals surface area contributed by atoms with Crippen LogP contribution in [0.25, 0.3) is 5.65 Å². The lowest BCUT2D eigenvalue weighted by Gasteiger charge is -2.28. The Hall–Kier alpha value is -2.99. The van der Waals surface area contributed by atoms with Crippen LogP contribution in [0.15, 0.2) is 18.5 Å². The minimum absolute atomic E-state index is 0.156. The van der Waals surface area contributed by atoms with Gasteiger partial charge in [-0.15, -0.1) is 0 Å². The molecule has 0 radical (unpaired) electrons. The van der Waals surface area contributed by atoms with Crippen LogP contribution in [0.1, 0.15) is 42.7 Å². The number of hydrogen-bond donors (Lipinski definition) is 2. The van der Waals surface area contributed by atoms with Gasteiger partial charge in [0.05, 0.1) is 35.5 Å². The van der Waals surface area contributed by atoms with Crippen molar-refractivity contribution in [1.29, 1.82) is 5.26 Å². The highest BCUT2D eigenvalue weighted by atomic mass is 16.2. The van der Waals surface area contributed by atoms with Gasteiger partial charge in [0.15, 0.2) is 5.65 Å². The first kappa shape index (κ1) is 19.8. The number of carbonyl (C=O) groups excluding carboxylic acids is 2. The van der Waals surface area contributed by atoms with E-state index >= 15 is 0 Å². The van der Waals surface area contributed by atoms with Gasteiger partial charge in [0.1, 0.15) is 0 Å². The molecule has 1 saturated heterocycles. The number of hydrogen-bond acceptors (Lipinski definition) is 6. The molecule has 2 amide bonds. The van der Waals surface area contributed by atoms with Crippen molar-refractivity contribution >= 4 is 17.5 Å². The molecule has 2 N–H and O–H groups in total. The van der Waals surface area contributed by atoms with E-state index in [1.807, 2.05) is 31.7 Å². The zero-order valence-electron chi connectivity index (χ0n) is 16.4. The van der Waals surface area contributed by atoms with Crippen molar-refractivity contribution in [3.05, 3.63) is 29.7 Å². The molecule has 9 heteroatoms. The van der Waals surface area contributed by atoms with E-state index in [0.717, 1.165) is 25.1 Å². The van der Waals surface area contributed by atoms with E-state index in [-0.39, 0.29) is 30.9 Å². The van der Waals surface area contributed by atoms with E-state index in [0.29, 0.717) is 11.2 Å². The summed E-state index contributed by atoms with van der Waals surface area (Å²) in [6, 6.07) is 3.87. The maximum absolute atomic E-state index is 12.4. The Balaban J connectivity index is 1.53. The molecular weight excluding hydrogens is 358 g/mol. The summed E-state index contributed by atoms with van der Waals surface area (Å²) in [7, 11) is 0. The zero-order valence-corrected chi connectivity index (χ0v) is 16.4. The number of carbonyl (C=O) groups is 2. The number of aryl methyl sites for hydroxylation is 1. The van der Waals surface area contributed by atoms with Gasteiger partial charge in [0, 0.05) is 31.5 Å². The molecule has 0 saturated carbocycles. The van der Waals surface area contributed by atoms with Crippen LogP contribution < -0.4 is 10.6 Å². The standard InChI is InChI=1S/C19H25N7O2/c1-13-7-16-21-9-14(10-26(16)24-13)18(28)22-12-19(2,3)23-17(27)11-25-6-4-5-15(25)8-20/h7,9-10,15H,4-6,11-12H2,1-3H3,(H,22,28)(H,23,27)/t15-/m0/s1. The Morgan fingerprint density at radius 3 is 2.96 bits per heavy atom. The second-order valence-corrected chi connectivity index (χ2v) is 7.80. The fraction of sp³-hybridized carbons (Fsp3) is 0.526. The molecule has 1 fully saturated rings. The summed E-state index contributed by atoms with van der Waals surface area (Å²) in [6.07, 6.45) is 4.87. The van der Waals surface area contributed by atoms with Crippen LogP contribution in [0.4, 0.5) is 0 Å². The van der Waals surface area contributed by atoms with Gasteiger partial charge >= 0.3 is 0 Å². The number of likely N-dealkylation sites (tertiary alicyclic amines) is 1. The lowest BCUT2D eigenvalue weighted by Crippen LogP contribution is -2.54. The van der Waals surface area contributed by atoms with Crippen LogP contribution in [-0.2, 0) is 4.79 Å². The zero-order chi connectivity index (χ0) is 20.3. The highest BCUT2D eigenvalue weighted by molar-refractivity contribution is 5.93. The van der Waals surface area contributed by atoms with Crippen molar-refractivity contribution in [3.8, 4) is 6.07 Å². The lowest BCUT2D eigenvalue weighted by atomic mass is 10.1. The van der Waals surface area contributed by atoms with Crippen LogP contribution in [0.5, 0.6) is 0 Å². The predicted octanol–water partition coefficient (Wildman–Crippen LogP) is 0.650. The van der Waals surface area contributed by atoms with Gasteiger partial charge in [0.25, 0.3) is 5.91 Å². The monoisotopic (exact) mass is 383 g/mol. The summed E-state index contributed by atoms with van der Waals surface area (Å²) in [5.74, 6) is -0.439. The molecule has 3 heterocycles. The number of amides is 2. The van der Waals surface area contributed by atoms with Gasteiger partial charge in [-0.25, -0.2) is 9.50 Å². The molecule has 2 aromatic heterocycles. The molecule has 0 unspecified atom stereocenters. The van der Waals surface area contributed by atoms with Crippen LogP contribution in [0, 0.1) is 18.3 Å².